The van der Waals surface area contributed by atoms with Gasteiger partial charge in [-0.1, -0.05) is 40.9 Å². The van der Waals surface area contributed by atoms with Crippen LogP contribution >= 0.6 is 47.0 Å². The molecule has 2 rings (SSSR count). The monoisotopic (exact) mass is 360 g/mol. The van der Waals surface area contributed by atoms with E-state index in [9.17, 15) is 0 Å². The van der Waals surface area contributed by atoms with Gasteiger partial charge in [0.15, 0.2) is 5.11 Å². The van der Waals surface area contributed by atoms with E-state index in [2.05, 4.69) is 10.6 Å². The van der Waals surface area contributed by atoms with Crippen LogP contribution in [-0.4, -0.2) is 12.2 Å². The van der Waals surface area contributed by atoms with E-state index in [4.69, 9.17) is 51.8 Å². The Morgan fingerprint density at radius 1 is 1.05 bits per heavy atom. The van der Waals surface area contributed by atoms with Crippen LogP contribution in [0.4, 0.5) is 11.4 Å². The lowest BCUT2D eigenvalue weighted by atomic mass is 10.3. The second-order valence-corrected chi connectivity index (χ2v) is 5.63. The Kier molecular flexibility index (Phi) is 5.53. The molecule has 0 fully saturated rings. The minimum Gasteiger partial charge on any atom is -0.495 e. The third-order valence-corrected chi connectivity index (χ3v) is 3.93. The molecule has 0 saturated carbocycles. The fourth-order valence-electron chi connectivity index (χ4n) is 1.63. The van der Waals surface area contributed by atoms with Gasteiger partial charge in [0.2, 0.25) is 0 Å². The first kappa shape index (κ1) is 16.2. The van der Waals surface area contributed by atoms with E-state index in [1.165, 1.54) is 0 Å². The molecule has 110 valence electrons. The largest absolute Gasteiger partial charge is 0.495 e. The van der Waals surface area contributed by atoms with E-state index in [1.807, 2.05) is 0 Å². The number of nitrogens with one attached hydrogen (secondary N) is 2. The number of anilines is 2. The summed E-state index contributed by atoms with van der Waals surface area (Å²) in [7, 11) is 1.56. The van der Waals surface area contributed by atoms with Crippen LogP contribution in [0.15, 0.2) is 36.4 Å². The average molecular weight is 362 g/mol. The average Bonchev–Trinajstić information content (AvgIpc) is 2.44. The second kappa shape index (κ2) is 7.18. The molecule has 0 spiro atoms. The van der Waals surface area contributed by atoms with Crippen molar-refractivity contribution < 1.29 is 4.74 Å². The minimum atomic E-state index is 0.375. The Balaban J connectivity index is 2.08. The highest BCUT2D eigenvalue weighted by molar-refractivity contribution is 7.80. The van der Waals surface area contributed by atoms with Crippen LogP contribution in [-0.2, 0) is 0 Å². The summed E-state index contributed by atoms with van der Waals surface area (Å²) in [6.45, 7) is 0. The Labute approximate surface area is 143 Å². The fourth-order valence-corrected chi connectivity index (χ4v) is 2.46. The predicted octanol–water partition coefficient (Wildman–Crippen LogP) is 5.46. The zero-order valence-corrected chi connectivity index (χ0v) is 14.0. The molecule has 0 aromatic heterocycles. The maximum Gasteiger partial charge on any atom is 0.175 e. The zero-order valence-electron chi connectivity index (χ0n) is 10.9. The molecular weight excluding hydrogens is 351 g/mol. The van der Waals surface area contributed by atoms with Crippen molar-refractivity contribution in [2.75, 3.05) is 17.7 Å². The quantitative estimate of drug-likeness (QED) is 0.711. The topological polar surface area (TPSA) is 33.3 Å². The highest BCUT2D eigenvalue weighted by Crippen LogP contribution is 2.30. The molecular formula is C14H11Cl3N2OS. The summed E-state index contributed by atoms with van der Waals surface area (Å²) in [4.78, 5) is 0. The summed E-state index contributed by atoms with van der Waals surface area (Å²) in [5.41, 5.74) is 1.36. The molecule has 2 N–H and O–H groups in total. The van der Waals surface area contributed by atoms with Crippen molar-refractivity contribution in [1.82, 2.24) is 0 Å². The molecule has 0 amide bonds. The van der Waals surface area contributed by atoms with Crippen molar-refractivity contribution in [1.29, 1.82) is 0 Å². The van der Waals surface area contributed by atoms with Crippen LogP contribution in [0.25, 0.3) is 0 Å². The van der Waals surface area contributed by atoms with Gasteiger partial charge in [0.1, 0.15) is 5.75 Å². The molecule has 2 aromatic rings. The van der Waals surface area contributed by atoms with Crippen molar-refractivity contribution in [3.8, 4) is 5.75 Å². The van der Waals surface area contributed by atoms with Gasteiger partial charge in [-0.05, 0) is 42.5 Å². The molecule has 0 heterocycles. The lowest BCUT2D eigenvalue weighted by Crippen LogP contribution is -2.19. The van der Waals surface area contributed by atoms with Gasteiger partial charge in [0, 0.05) is 5.69 Å². The predicted molar refractivity (Wildman–Crippen MR) is 94.3 cm³/mol. The Morgan fingerprint density at radius 2 is 1.81 bits per heavy atom. The van der Waals surface area contributed by atoms with Crippen LogP contribution in [0.3, 0.4) is 0 Å². The number of halogens is 3. The first-order valence-electron chi connectivity index (χ1n) is 5.87. The van der Waals surface area contributed by atoms with E-state index in [1.54, 1.807) is 43.5 Å². The number of ether oxygens (including phenoxy) is 1. The third kappa shape index (κ3) is 4.14. The molecule has 7 heteroatoms. The van der Waals surface area contributed by atoms with Crippen molar-refractivity contribution >= 4 is 63.5 Å². The summed E-state index contributed by atoms with van der Waals surface area (Å²) in [6, 6.07) is 10.5. The van der Waals surface area contributed by atoms with Crippen LogP contribution in [0, 0.1) is 0 Å². The maximum absolute atomic E-state index is 6.09. The summed E-state index contributed by atoms with van der Waals surface area (Å²) in [5, 5.41) is 7.72. The molecule has 0 bridgehead atoms. The molecule has 3 nitrogen and oxygen atoms in total. The molecule has 0 saturated heterocycles. The molecule has 0 radical (unpaired) electrons. The van der Waals surface area contributed by atoms with Crippen molar-refractivity contribution in [3.63, 3.8) is 0 Å². The Bertz CT molecular complexity index is 679. The minimum absolute atomic E-state index is 0.375. The zero-order chi connectivity index (χ0) is 15.4. The molecule has 0 aliphatic rings. The molecule has 0 unspecified atom stereocenters. The van der Waals surface area contributed by atoms with Gasteiger partial charge in [-0.3, -0.25) is 0 Å². The number of hydrogen-bond acceptors (Lipinski definition) is 2. The lowest BCUT2D eigenvalue weighted by Gasteiger charge is -2.13. The number of benzene rings is 2. The summed E-state index contributed by atoms with van der Waals surface area (Å²) in [6.07, 6.45) is 0. The highest BCUT2D eigenvalue weighted by atomic mass is 35.5. The van der Waals surface area contributed by atoms with Gasteiger partial charge in [0.05, 0.1) is 27.9 Å². The molecule has 0 aliphatic carbocycles. The van der Waals surface area contributed by atoms with Gasteiger partial charge in [0.25, 0.3) is 0 Å². The summed E-state index contributed by atoms with van der Waals surface area (Å²) >= 11 is 23.3. The number of thiocarbonyl (C=S) groups is 1. The standard InChI is InChI=1S/C14H11Cl3N2OS/c1-20-12-6-5-8(7-10(12)16)18-14(21)19-11-4-2-3-9(15)13(11)17/h2-7H,1H3,(H2,18,19,21). The van der Waals surface area contributed by atoms with Crippen LogP contribution in [0.1, 0.15) is 0 Å². The number of rotatable bonds is 3. The van der Waals surface area contributed by atoms with Gasteiger partial charge in [-0.15, -0.1) is 0 Å². The van der Waals surface area contributed by atoms with Gasteiger partial charge >= 0.3 is 0 Å². The number of hydrogen-bond donors (Lipinski definition) is 2. The van der Waals surface area contributed by atoms with Crippen LogP contribution in [0.5, 0.6) is 5.75 Å². The van der Waals surface area contributed by atoms with E-state index >= 15 is 0 Å². The van der Waals surface area contributed by atoms with E-state index < -0.39 is 0 Å². The summed E-state index contributed by atoms with van der Waals surface area (Å²) in [5.74, 6) is 0.596. The van der Waals surface area contributed by atoms with Crippen molar-refractivity contribution in [2.45, 2.75) is 0 Å². The summed E-state index contributed by atoms with van der Waals surface area (Å²) < 4.78 is 5.09. The van der Waals surface area contributed by atoms with Crippen LogP contribution in [0.2, 0.25) is 15.1 Å². The Morgan fingerprint density at radius 3 is 2.48 bits per heavy atom. The highest BCUT2D eigenvalue weighted by Gasteiger charge is 2.07. The van der Waals surface area contributed by atoms with Crippen LogP contribution < -0.4 is 15.4 Å². The van der Waals surface area contributed by atoms with E-state index in [0.717, 1.165) is 5.69 Å². The van der Waals surface area contributed by atoms with E-state index in [-0.39, 0.29) is 0 Å². The first-order chi connectivity index (χ1) is 10.0. The third-order valence-electron chi connectivity index (χ3n) is 2.61. The Hall–Kier alpha value is -1.20. The number of methoxy groups -OCH3 is 1. The molecule has 2 aromatic carbocycles. The SMILES string of the molecule is COc1ccc(NC(=S)Nc2cccc(Cl)c2Cl)cc1Cl. The molecule has 21 heavy (non-hydrogen) atoms. The first-order valence-corrected chi connectivity index (χ1v) is 7.41. The van der Waals surface area contributed by atoms with Crippen molar-refractivity contribution in [2.24, 2.45) is 0 Å². The van der Waals surface area contributed by atoms with Gasteiger partial charge < -0.3 is 15.4 Å². The van der Waals surface area contributed by atoms with E-state index in [0.29, 0.717) is 31.6 Å². The fraction of sp³-hybridized carbons (Fsp3) is 0.0714. The van der Waals surface area contributed by atoms with Gasteiger partial charge in [-0.2, -0.15) is 0 Å². The smallest absolute Gasteiger partial charge is 0.175 e. The maximum atomic E-state index is 6.09. The van der Waals surface area contributed by atoms with Gasteiger partial charge in [-0.25, -0.2) is 0 Å². The molecule has 0 atom stereocenters. The lowest BCUT2D eigenvalue weighted by molar-refractivity contribution is 0.415. The normalized spacial score (nSPS) is 10.1. The van der Waals surface area contributed by atoms with Crippen molar-refractivity contribution in [3.05, 3.63) is 51.5 Å². The second-order valence-electron chi connectivity index (χ2n) is 4.03. The molecule has 0 aliphatic heterocycles.